The predicted octanol–water partition coefficient (Wildman–Crippen LogP) is 1.42. The van der Waals surface area contributed by atoms with Crippen molar-refractivity contribution in [2.45, 2.75) is 194 Å². The summed E-state index contributed by atoms with van der Waals surface area (Å²) in [5.74, 6) is -15.0. The Morgan fingerprint density at radius 3 is 1.79 bits per heavy atom. The summed E-state index contributed by atoms with van der Waals surface area (Å²) in [4.78, 5) is 167. The van der Waals surface area contributed by atoms with E-state index in [1.165, 1.54) is 13.8 Å². The van der Waals surface area contributed by atoms with Crippen molar-refractivity contribution in [3.8, 4) is 0 Å². The van der Waals surface area contributed by atoms with Gasteiger partial charge in [0.2, 0.25) is 47.3 Å². The number of hydrogen-bond donors (Lipinski definition) is 13. The molecule has 2 aromatic rings. The number of carbonyl (C=O) groups excluding carboxylic acids is 12. The van der Waals surface area contributed by atoms with E-state index in [0.717, 1.165) is 5.56 Å². The molecule has 1 heterocycles. The second-order valence-corrected chi connectivity index (χ2v) is 24.5. The van der Waals surface area contributed by atoms with Crippen molar-refractivity contribution >= 4 is 76.3 Å². The Kier molecular flexibility index (Phi) is 32.9. The maximum atomic E-state index is 14.5. The molecule has 0 aliphatic carbocycles. The number of carbonyl (C=O) groups is 12. The predicted molar refractivity (Wildman–Crippen MR) is 345 cm³/mol. The van der Waals surface area contributed by atoms with E-state index < -0.39 is 205 Å². The summed E-state index contributed by atoms with van der Waals surface area (Å²) in [5, 5.41) is 45.6. The zero-order chi connectivity index (χ0) is 69.1. The van der Waals surface area contributed by atoms with E-state index in [2.05, 4.69) is 54.4 Å². The minimum atomic E-state index is -1.65. The highest BCUT2D eigenvalue weighted by Crippen LogP contribution is 2.25. The van der Waals surface area contributed by atoms with E-state index in [-0.39, 0.29) is 18.7 Å². The zero-order valence-electron chi connectivity index (χ0n) is 55.2. The minimum Gasteiger partial charge on any atom is -0.458 e. The summed E-state index contributed by atoms with van der Waals surface area (Å²) in [7, 11) is 1.61. The van der Waals surface area contributed by atoms with Crippen LogP contribution in [0.15, 0.2) is 67.0 Å². The Balaban J connectivity index is 1.86. The van der Waals surface area contributed by atoms with Gasteiger partial charge in [-0.15, -0.1) is 0 Å². The second-order valence-electron chi connectivity index (χ2n) is 24.5. The normalized spacial score (nSPS) is 20.8. The molecular weight excluding hydrogens is 1190 g/mol. The number of aliphatic hydroxyl groups excluding tert-OH is 2. The fraction of sp³-hybridized carbons (Fsp3) is 0.606. The number of hydrogen-bond acceptors (Lipinski definition) is 18. The number of Topliss-reactive ketones (excluding diaryl/α,β-unsaturated/α-hetero) is 3. The molecule has 3 rings (SSSR count). The number of esters is 1. The van der Waals surface area contributed by atoms with Crippen LogP contribution in [0.25, 0.3) is 0 Å². The lowest BCUT2D eigenvalue weighted by molar-refractivity contribution is -0.157. The molecule has 2 aromatic carbocycles. The number of likely N-dealkylation sites (N-methyl/N-ethyl adjacent to an activating group) is 1. The van der Waals surface area contributed by atoms with Crippen LogP contribution in [0.2, 0.25) is 0 Å². The summed E-state index contributed by atoms with van der Waals surface area (Å²) in [6.45, 7) is 18.4. The highest BCUT2D eigenvalue weighted by Gasteiger charge is 2.41. The molecule has 92 heavy (non-hydrogen) atoms. The first-order valence-electron chi connectivity index (χ1n) is 31.9. The second kappa shape index (κ2) is 38.7. The number of ether oxygens (including phenoxy) is 1. The van der Waals surface area contributed by atoms with Gasteiger partial charge in [-0.1, -0.05) is 137 Å². The smallest absolute Gasteiger partial charge is 0.329 e. The third-order valence-corrected chi connectivity index (χ3v) is 17.4. The van der Waals surface area contributed by atoms with E-state index in [9.17, 15) is 67.7 Å². The van der Waals surface area contributed by atoms with Crippen molar-refractivity contribution in [1.82, 2.24) is 42.5 Å². The number of anilines is 1. The number of cyclic esters (lactones) is 1. The van der Waals surface area contributed by atoms with E-state index in [1.807, 2.05) is 30.3 Å². The van der Waals surface area contributed by atoms with Gasteiger partial charge in [0.1, 0.15) is 36.3 Å². The Morgan fingerprint density at radius 1 is 0.652 bits per heavy atom. The van der Waals surface area contributed by atoms with Crippen molar-refractivity contribution in [2.75, 3.05) is 25.6 Å². The summed E-state index contributed by atoms with van der Waals surface area (Å²) < 4.78 is 5.83. The summed E-state index contributed by atoms with van der Waals surface area (Å²) in [6, 6.07) is 5.61. The van der Waals surface area contributed by atoms with Crippen LogP contribution in [0.1, 0.15) is 138 Å². The van der Waals surface area contributed by atoms with Gasteiger partial charge in [0.25, 0.3) is 0 Å². The van der Waals surface area contributed by atoms with Gasteiger partial charge in [0.15, 0.2) is 17.3 Å². The first-order valence-corrected chi connectivity index (χ1v) is 31.9. The van der Waals surface area contributed by atoms with Crippen LogP contribution < -0.4 is 59.3 Å². The average molecular weight is 1290 g/mol. The van der Waals surface area contributed by atoms with Crippen LogP contribution in [0, 0.1) is 41.4 Å². The first-order chi connectivity index (χ1) is 43.5. The minimum absolute atomic E-state index is 0.0146. The van der Waals surface area contributed by atoms with Gasteiger partial charge in [-0.2, -0.15) is 0 Å². The third-order valence-electron chi connectivity index (χ3n) is 17.4. The molecule has 0 unspecified atom stereocenters. The quantitative estimate of drug-likeness (QED) is 0.0429. The molecule has 1 aliphatic rings. The maximum absolute atomic E-state index is 14.5. The van der Waals surface area contributed by atoms with Crippen molar-refractivity contribution in [1.29, 1.82) is 0 Å². The molecule has 0 spiro atoms. The number of ketones is 3. The van der Waals surface area contributed by atoms with E-state index >= 15 is 0 Å². The van der Waals surface area contributed by atoms with Crippen LogP contribution in [0.5, 0.6) is 0 Å². The Bertz CT molecular complexity index is 2860. The van der Waals surface area contributed by atoms with Gasteiger partial charge in [-0.3, -0.25) is 52.7 Å². The van der Waals surface area contributed by atoms with Gasteiger partial charge >= 0.3 is 5.97 Å². The molecule has 0 saturated carbocycles. The fourth-order valence-electron chi connectivity index (χ4n) is 10.5. The van der Waals surface area contributed by atoms with Gasteiger partial charge in [0, 0.05) is 49.6 Å². The van der Waals surface area contributed by atoms with Crippen molar-refractivity contribution in [3.63, 3.8) is 0 Å². The van der Waals surface area contributed by atoms with Crippen molar-refractivity contribution in [2.24, 2.45) is 52.9 Å². The Hall–Kier alpha value is -8.10. The number of primary amides is 1. The molecule has 8 amide bonds. The van der Waals surface area contributed by atoms with Crippen molar-refractivity contribution in [3.05, 3.63) is 78.1 Å². The molecule has 1 aliphatic heterocycles. The van der Waals surface area contributed by atoms with Crippen LogP contribution in [0.3, 0.4) is 0 Å². The lowest BCUT2D eigenvalue weighted by atomic mass is 9.83. The lowest BCUT2D eigenvalue weighted by Gasteiger charge is -2.31. The molecule has 1 fully saturated rings. The summed E-state index contributed by atoms with van der Waals surface area (Å²) >= 11 is 0. The molecule has 16 atom stereocenters. The molecule has 0 radical (unpaired) electrons. The standard InChI is InChI=1S/C66H101N11O15/c1-13-35(5)46(32-51(80)47(26-27-54(68)83)71-64(89)50(34-79)73-65(90)56(37(7)15-3)75-62(87)48(69-12)29-42-20-18-17-19-21-42)61(86)74-55(36(6)14-2)53(82)31-44(33-78)60(85)77-58-40(10)92-66(91)57(38(8)16-4)76-63(88)49(72-59(84)39(9)28-52(58)81)30-43-22-24-45(25-23-43)70-41(11)67/h17-25,35-40,44,46-50,55-58,69-70,78-79H,11,13-16,26-34,67H2,1-10,12H3,(H2,68,83)(H,71,89)(H,72,84)(H,73,90)(H,74,86)(H,75,87)(H,76,88)(H,77,85)/t35-,36-,37-,38-,39+,40-,44-,46+,47+,48+,49-,50-,55-,56-,57-,58+/m0/s1. The number of amides is 8. The van der Waals surface area contributed by atoms with E-state index in [4.69, 9.17) is 16.2 Å². The third kappa shape index (κ3) is 24.2. The summed E-state index contributed by atoms with van der Waals surface area (Å²) in [6.07, 6.45) is -2.09. The number of rotatable bonds is 36. The maximum Gasteiger partial charge on any atom is 0.329 e. The topological polar surface area (TPSA) is 415 Å². The summed E-state index contributed by atoms with van der Waals surface area (Å²) in [5.41, 5.74) is 13.3. The van der Waals surface area contributed by atoms with Gasteiger partial charge < -0.3 is 74.3 Å². The van der Waals surface area contributed by atoms with Crippen molar-refractivity contribution < 1.29 is 72.5 Å². The largest absolute Gasteiger partial charge is 0.458 e. The van der Waals surface area contributed by atoms with Crippen LogP contribution in [-0.4, -0.2) is 155 Å². The molecule has 510 valence electrons. The molecular formula is C66H101N11O15. The highest BCUT2D eigenvalue weighted by atomic mass is 16.5. The SMILES string of the molecule is C=C(N)Nc1ccc(C[C@@H]2NC(=O)[C@H](C)CC(=O)[C@H](NC(=O)[C@H](CO)CC(=O)[C@@H](NC(=O)[C@H](CC(=O)[C@@H](CCC(N)=O)NC(=O)[C@H](CO)NC(=O)[C@@H](NC(=O)[C@@H](Cc3ccccc3)NC)[C@@H](C)CC)[C@@H](C)CC)[C@@H](C)CC)[C@H](C)OC(=O)[C@H]([C@@H](C)CC)NC2=O)cc1. The number of aliphatic hydroxyl groups is 2. The number of benzene rings is 2. The van der Waals surface area contributed by atoms with Crippen LogP contribution >= 0.6 is 0 Å². The van der Waals surface area contributed by atoms with Gasteiger partial charge in [-0.25, -0.2) is 4.79 Å². The highest BCUT2D eigenvalue weighted by molar-refractivity contribution is 5.99. The molecule has 26 heteroatoms. The van der Waals surface area contributed by atoms with Gasteiger partial charge in [-0.05, 0) is 73.7 Å². The zero-order valence-corrected chi connectivity index (χ0v) is 55.2. The molecule has 15 N–H and O–H groups in total. The van der Waals surface area contributed by atoms with E-state index in [0.29, 0.717) is 43.4 Å². The van der Waals surface area contributed by atoms with Gasteiger partial charge in [0.05, 0.1) is 43.1 Å². The van der Waals surface area contributed by atoms with Crippen LogP contribution in [0.4, 0.5) is 5.69 Å². The Labute approximate surface area is 540 Å². The average Bonchev–Trinajstić information content (AvgIpc) is 1.73. The first kappa shape index (κ1) is 78.1. The number of nitrogens with one attached hydrogen (secondary N) is 9. The fourth-order valence-corrected chi connectivity index (χ4v) is 10.5. The monoisotopic (exact) mass is 1290 g/mol. The molecule has 1 saturated heterocycles. The number of nitrogens with two attached hydrogens (primary N) is 2. The molecule has 0 aromatic heterocycles. The van der Waals surface area contributed by atoms with E-state index in [1.54, 1.807) is 86.7 Å². The molecule has 26 nitrogen and oxygen atoms in total. The Morgan fingerprint density at radius 2 is 1.24 bits per heavy atom. The molecule has 0 bridgehead atoms. The van der Waals surface area contributed by atoms with Crippen LogP contribution in [-0.2, 0) is 75.1 Å². The lowest BCUT2D eigenvalue weighted by Crippen LogP contribution is -2.59.